The summed E-state index contributed by atoms with van der Waals surface area (Å²) in [5.41, 5.74) is 0.325. The second-order valence-electron chi connectivity index (χ2n) is 5.96. The predicted octanol–water partition coefficient (Wildman–Crippen LogP) is 2.91. The fraction of sp³-hybridized carbons (Fsp3) is 0.263. The van der Waals surface area contributed by atoms with Gasteiger partial charge in [-0.3, -0.25) is 9.59 Å². The Bertz CT molecular complexity index is 684. The van der Waals surface area contributed by atoms with Gasteiger partial charge in [-0.15, -0.1) is 0 Å². The van der Waals surface area contributed by atoms with Gasteiger partial charge in [0.05, 0.1) is 0 Å². The molecule has 0 saturated heterocycles. The number of methoxy groups -OCH3 is 1. The molecule has 2 N–H and O–H groups in total. The van der Waals surface area contributed by atoms with Crippen molar-refractivity contribution < 1.29 is 14.3 Å². The van der Waals surface area contributed by atoms with Gasteiger partial charge in [0.1, 0.15) is 5.54 Å². The number of nitrogens with one attached hydrogen (secondary N) is 2. The summed E-state index contributed by atoms with van der Waals surface area (Å²) in [4.78, 5) is 25.0. The fourth-order valence-corrected chi connectivity index (χ4v) is 2.26. The van der Waals surface area contributed by atoms with Crippen LogP contribution in [0.25, 0.3) is 0 Å². The summed E-state index contributed by atoms with van der Waals surface area (Å²) >= 11 is 0. The number of para-hydroxylation sites is 1. The van der Waals surface area contributed by atoms with E-state index < -0.39 is 11.6 Å². The first kappa shape index (κ1) is 17.7. The molecule has 1 atom stereocenters. The maximum Gasteiger partial charge on any atom is 0.254 e. The summed E-state index contributed by atoms with van der Waals surface area (Å²) in [6, 6.07) is 18.3. The smallest absolute Gasteiger partial charge is 0.254 e. The molecular weight excluding hydrogens is 304 g/mol. The molecular formula is C19H22N2O3. The number of ether oxygens (including phenoxy) is 1. The molecule has 5 nitrogen and oxygen atoms in total. The highest BCUT2D eigenvalue weighted by Gasteiger charge is 2.32. The van der Waals surface area contributed by atoms with Gasteiger partial charge in [-0.25, -0.2) is 0 Å². The molecule has 126 valence electrons. The second-order valence-corrected chi connectivity index (χ2v) is 5.96. The molecule has 0 radical (unpaired) electrons. The molecule has 0 unspecified atom stereocenters. The molecule has 0 aliphatic rings. The Kier molecular flexibility index (Phi) is 5.71. The Morgan fingerprint density at radius 2 is 1.50 bits per heavy atom. The topological polar surface area (TPSA) is 67.4 Å². The Hall–Kier alpha value is -2.66. The van der Waals surface area contributed by atoms with Gasteiger partial charge < -0.3 is 15.4 Å². The van der Waals surface area contributed by atoms with Crippen molar-refractivity contribution in [1.29, 1.82) is 0 Å². The number of hydrogen-bond donors (Lipinski definition) is 2. The molecule has 0 aromatic heterocycles. The molecule has 0 spiro atoms. The van der Waals surface area contributed by atoms with Gasteiger partial charge >= 0.3 is 0 Å². The highest BCUT2D eigenvalue weighted by atomic mass is 16.5. The van der Waals surface area contributed by atoms with E-state index in [2.05, 4.69) is 10.6 Å². The lowest BCUT2D eigenvalue weighted by molar-refractivity contribution is -0.136. The molecule has 0 fully saturated rings. The first-order chi connectivity index (χ1) is 11.4. The quantitative estimate of drug-likeness (QED) is 0.858. The Morgan fingerprint density at radius 1 is 0.958 bits per heavy atom. The van der Waals surface area contributed by atoms with Gasteiger partial charge in [0.25, 0.3) is 5.91 Å². The number of hydrogen-bond acceptors (Lipinski definition) is 3. The summed E-state index contributed by atoms with van der Waals surface area (Å²) in [5, 5.41) is 5.54. The van der Waals surface area contributed by atoms with Crippen LogP contribution in [0.15, 0.2) is 60.7 Å². The van der Waals surface area contributed by atoms with Gasteiger partial charge in [-0.1, -0.05) is 48.5 Å². The number of carbonyl (C=O) groups is 2. The molecule has 0 heterocycles. The van der Waals surface area contributed by atoms with E-state index in [9.17, 15) is 9.59 Å². The highest BCUT2D eigenvalue weighted by Crippen LogP contribution is 2.18. The van der Waals surface area contributed by atoms with Gasteiger partial charge in [-0.2, -0.15) is 0 Å². The molecule has 5 heteroatoms. The van der Waals surface area contributed by atoms with Crippen LogP contribution in [-0.4, -0.2) is 24.5 Å². The van der Waals surface area contributed by atoms with E-state index in [-0.39, 0.29) is 11.8 Å². The van der Waals surface area contributed by atoms with E-state index >= 15 is 0 Å². The van der Waals surface area contributed by atoms with E-state index in [4.69, 9.17) is 4.74 Å². The molecule has 0 bridgehead atoms. The minimum Gasteiger partial charge on any atom is -0.367 e. The van der Waals surface area contributed by atoms with Crippen LogP contribution < -0.4 is 10.6 Å². The number of anilines is 1. The second kappa shape index (κ2) is 7.75. The zero-order valence-electron chi connectivity index (χ0n) is 14.1. The van der Waals surface area contributed by atoms with Gasteiger partial charge in [0.2, 0.25) is 5.91 Å². The SMILES string of the molecule is CO[C@@H](C(=O)NC(C)(C)C(=O)Nc1ccccc1)c1ccccc1. The fourth-order valence-electron chi connectivity index (χ4n) is 2.26. The van der Waals surface area contributed by atoms with E-state index in [1.54, 1.807) is 26.0 Å². The average Bonchev–Trinajstić information content (AvgIpc) is 2.57. The maximum atomic E-state index is 12.5. The van der Waals surface area contributed by atoms with E-state index in [1.807, 2.05) is 48.5 Å². The minimum absolute atomic E-state index is 0.301. The van der Waals surface area contributed by atoms with Crippen LogP contribution in [-0.2, 0) is 14.3 Å². The third-order valence-electron chi connectivity index (χ3n) is 3.61. The van der Waals surface area contributed by atoms with Crippen LogP contribution >= 0.6 is 0 Å². The summed E-state index contributed by atoms with van der Waals surface area (Å²) < 4.78 is 5.30. The first-order valence-electron chi connectivity index (χ1n) is 7.70. The number of rotatable bonds is 6. The largest absolute Gasteiger partial charge is 0.367 e. The van der Waals surface area contributed by atoms with Crippen molar-refractivity contribution in [1.82, 2.24) is 5.32 Å². The summed E-state index contributed by atoms with van der Waals surface area (Å²) in [5.74, 6) is -0.665. The maximum absolute atomic E-state index is 12.5. The van der Waals surface area contributed by atoms with Crippen LogP contribution in [0.2, 0.25) is 0 Å². The van der Waals surface area contributed by atoms with Gasteiger partial charge in [0, 0.05) is 12.8 Å². The Labute approximate surface area is 142 Å². The normalized spacial score (nSPS) is 12.3. The Morgan fingerprint density at radius 3 is 2.04 bits per heavy atom. The van der Waals surface area contributed by atoms with Gasteiger partial charge in [0.15, 0.2) is 6.10 Å². The molecule has 24 heavy (non-hydrogen) atoms. The van der Waals surface area contributed by atoms with Crippen LogP contribution in [0.5, 0.6) is 0 Å². The van der Waals surface area contributed by atoms with E-state index in [0.717, 1.165) is 5.56 Å². The molecule has 0 aliphatic carbocycles. The highest BCUT2D eigenvalue weighted by molar-refractivity contribution is 6.00. The zero-order valence-corrected chi connectivity index (χ0v) is 14.1. The van der Waals surface area contributed by atoms with E-state index in [1.165, 1.54) is 7.11 Å². The van der Waals surface area contributed by atoms with Crippen molar-refractivity contribution in [3.63, 3.8) is 0 Å². The summed E-state index contributed by atoms with van der Waals surface area (Å²) in [6.45, 7) is 3.31. The van der Waals surface area contributed by atoms with Gasteiger partial charge in [-0.05, 0) is 31.5 Å². The third kappa shape index (κ3) is 4.43. The molecule has 0 saturated carbocycles. The minimum atomic E-state index is -1.08. The molecule has 2 aromatic carbocycles. The summed E-state index contributed by atoms with van der Waals surface area (Å²) in [6.07, 6.45) is -0.769. The van der Waals surface area contributed by atoms with Crippen molar-refractivity contribution in [2.75, 3.05) is 12.4 Å². The predicted molar refractivity (Wildman–Crippen MR) is 93.5 cm³/mol. The standard InChI is InChI=1S/C19H22N2O3/c1-19(2,18(23)20-15-12-8-5-9-13-15)21-17(22)16(24-3)14-10-6-4-7-11-14/h4-13,16H,1-3H3,(H,20,23)(H,21,22)/t16-/m1/s1. The first-order valence-corrected chi connectivity index (χ1v) is 7.70. The van der Waals surface area contributed by atoms with Crippen molar-refractivity contribution in [2.24, 2.45) is 0 Å². The summed E-state index contributed by atoms with van der Waals surface area (Å²) in [7, 11) is 1.47. The van der Waals surface area contributed by atoms with Crippen LogP contribution in [0.3, 0.4) is 0 Å². The zero-order chi connectivity index (χ0) is 17.6. The average molecular weight is 326 g/mol. The molecule has 2 aromatic rings. The van der Waals surface area contributed by atoms with Crippen LogP contribution in [0, 0.1) is 0 Å². The monoisotopic (exact) mass is 326 g/mol. The number of amides is 2. The van der Waals surface area contributed by atoms with E-state index in [0.29, 0.717) is 5.69 Å². The number of carbonyl (C=O) groups excluding carboxylic acids is 2. The molecule has 2 rings (SSSR count). The van der Waals surface area contributed by atoms with Crippen molar-refractivity contribution in [3.8, 4) is 0 Å². The van der Waals surface area contributed by atoms with Crippen molar-refractivity contribution in [3.05, 3.63) is 66.2 Å². The lowest BCUT2D eigenvalue weighted by atomic mass is 10.0. The Balaban J connectivity index is 2.06. The van der Waals surface area contributed by atoms with Crippen molar-refractivity contribution >= 4 is 17.5 Å². The lowest BCUT2D eigenvalue weighted by Crippen LogP contribution is -2.53. The molecule has 0 aliphatic heterocycles. The third-order valence-corrected chi connectivity index (χ3v) is 3.61. The van der Waals surface area contributed by atoms with Crippen molar-refractivity contribution in [2.45, 2.75) is 25.5 Å². The van der Waals surface area contributed by atoms with Crippen LogP contribution in [0.1, 0.15) is 25.5 Å². The number of benzene rings is 2. The van der Waals surface area contributed by atoms with Crippen LogP contribution in [0.4, 0.5) is 5.69 Å². The molecule has 2 amide bonds. The lowest BCUT2D eigenvalue weighted by Gasteiger charge is -2.27.